The minimum atomic E-state index is -0.618. The van der Waals surface area contributed by atoms with E-state index in [4.69, 9.17) is 4.74 Å². The summed E-state index contributed by atoms with van der Waals surface area (Å²) >= 11 is 0. The van der Waals surface area contributed by atoms with Gasteiger partial charge in [-0.15, -0.1) is 0 Å². The van der Waals surface area contributed by atoms with E-state index in [-0.39, 0.29) is 36.8 Å². The predicted molar refractivity (Wildman–Crippen MR) is 127 cm³/mol. The number of unbranched alkanes of at least 4 members (excludes halogenated alkanes) is 3. The number of carbonyl (C=O) groups is 4. The molecular weight excluding hydrogens is 440 g/mol. The van der Waals surface area contributed by atoms with E-state index >= 15 is 0 Å². The summed E-state index contributed by atoms with van der Waals surface area (Å²) in [5.74, 6) is -1.48. The highest BCUT2D eigenvalue weighted by molar-refractivity contribution is 5.85. The standard InChI is InChI=1S/C24H44N4O6/c1-6-8-10-11-20(17-27(33)18-29)21(30)25-28(14-9-7-2)22(31)19-12-15-26(16-13-19)23(32)34-24(3,4)5/h18-20,33H,6-17H2,1-5H3,(H,25,30). The first-order valence-corrected chi connectivity index (χ1v) is 12.5. The Labute approximate surface area is 203 Å². The van der Waals surface area contributed by atoms with Gasteiger partial charge in [0, 0.05) is 25.6 Å². The van der Waals surface area contributed by atoms with Gasteiger partial charge in [-0.05, 0) is 46.5 Å². The predicted octanol–water partition coefficient (Wildman–Crippen LogP) is 3.34. The molecule has 2 N–H and O–H groups in total. The Balaban J connectivity index is 2.79. The van der Waals surface area contributed by atoms with Gasteiger partial charge in [0.1, 0.15) is 5.60 Å². The number of piperidine rings is 1. The minimum Gasteiger partial charge on any atom is -0.444 e. The Bertz CT molecular complexity index is 658. The number of amides is 4. The maximum atomic E-state index is 13.3. The third-order valence-corrected chi connectivity index (χ3v) is 5.80. The first-order chi connectivity index (χ1) is 16.0. The van der Waals surface area contributed by atoms with Crippen LogP contribution in [0, 0.1) is 11.8 Å². The van der Waals surface area contributed by atoms with E-state index in [1.807, 2.05) is 27.7 Å². The van der Waals surface area contributed by atoms with E-state index in [0.29, 0.717) is 44.0 Å². The number of nitrogens with one attached hydrogen (secondary N) is 1. The summed E-state index contributed by atoms with van der Waals surface area (Å²) in [6.07, 6.45) is 5.67. The zero-order chi connectivity index (χ0) is 25.7. The second-order valence-corrected chi connectivity index (χ2v) is 9.98. The molecule has 0 bridgehead atoms. The van der Waals surface area contributed by atoms with Crippen molar-refractivity contribution in [1.29, 1.82) is 0 Å². The highest BCUT2D eigenvalue weighted by atomic mass is 16.6. The lowest BCUT2D eigenvalue weighted by Gasteiger charge is -2.35. The Morgan fingerprint density at radius 1 is 1.12 bits per heavy atom. The van der Waals surface area contributed by atoms with Crippen molar-refractivity contribution in [2.75, 3.05) is 26.2 Å². The molecule has 1 unspecified atom stereocenters. The van der Waals surface area contributed by atoms with Gasteiger partial charge in [0.05, 0.1) is 12.5 Å². The van der Waals surface area contributed by atoms with Gasteiger partial charge < -0.3 is 9.64 Å². The van der Waals surface area contributed by atoms with Crippen molar-refractivity contribution in [3.63, 3.8) is 0 Å². The zero-order valence-electron chi connectivity index (χ0n) is 21.5. The number of hydrogen-bond donors (Lipinski definition) is 2. The molecule has 0 spiro atoms. The SMILES string of the molecule is CCCCCC(CN(O)C=O)C(=O)NN(CCCC)C(=O)C1CCN(C(=O)OC(C)(C)C)CC1. The van der Waals surface area contributed by atoms with Crippen LogP contribution in [-0.2, 0) is 19.1 Å². The van der Waals surface area contributed by atoms with Gasteiger partial charge in [0.15, 0.2) is 0 Å². The van der Waals surface area contributed by atoms with Crippen LogP contribution in [0.4, 0.5) is 4.79 Å². The van der Waals surface area contributed by atoms with Crippen LogP contribution in [-0.4, -0.2) is 76.3 Å². The number of rotatable bonds is 12. The van der Waals surface area contributed by atoms with Crippen molar-refractivity contribution in [1.82, 2.24) is 20.4 Å². The first-order valence-electron chi connectivity index (χ1n) is 12.5. The summed E-state index contributed by atoms with van der Waals surface area (Å²) in [6.45, 7) is 10.6. The van der Waals surface area contributed by atoms with Crippen molar-refractivity contribution < 1.29 is 29.1 Å². The molecule has 1 aliphatic heterocycles. The minimum absolute atomic E-state index is 0.122. The van der Waals surface area contributed by atoms with Crippen molar-refractivity contribution in [3.8, 4) is 0 Å². The zero-order valence-corrected chi connectivity index (χ0v) is 21.5. The van der Waals surface area contributed by atoms with Gasteiger partial charge in [-0.25, -0.2) is 9.86 Å². The molecule has 1 aliphatic rings. The van der Waals surface area contributed by atoms with E-state index in [1.54, 1.807) is 4.90 Å². The molecule has 1 fully saturated rings. The molecule has 1 saturated heterocycles. The molecule has 0 aromatic carbocycles. The summed E-state index contributed by atoms with van der Waals surface area (Å²) in [7, 11) is 0. The van der Waals surface area contributed by atoms with E-state index < -0.39 is 11.5 Å². The summed E-state index contributed by atoms with van der Waals surface area (Å²) in [4.78, 5) is 51.1. The van der Waals surface area contributed by atoms with Crippen LogP contribution in [0.1, 0.15) is 86.0 Å². The van der Waals surface area contributed by atoms with Gasteiger partial charge in [0.25, 0.3) is 0 Å². The number of hydrazine groups is 1. The second-order valence-electron chi connectivity index (χ2n) is 9.98. The average molecular weight is 485 g/mol. The lowest BCUT2D eigenvalue weighted by molar-refractivity contribution is -0.157. The van der Waals surface area contributed by atoms with Gasteiger partial charge >= 0.3 is 6.09 Å². The molecule has 0 radical (unpaired) electrons. The molecule has 10 heteroatoms. The molecule has 0 aliphatic carbocycles. The summed E-state index contributed by atoms with van der Waals surface area (Å²) in [6, 6.07) is 0. The number of hydrogen-bond acceptors (Lipinski definition) is 6. The number of hydroxylamine groups is 2. The number of nitrogens with zero attached hydrogens (tertiary/aromatic N) is 3. The average Bonchev–Trinajstić information content (AvgIpc) is 2.79. The number of carbonyl (C=O) groups excluding carboxylic acids is 4. The summed E-state index contributed by atoms with van der Waals surface area (Å²) < 4.78 is 5.42. The van der Waals surface area contributed by atoms with Crippen molar-refractivity contribution in [2.45, 2.75) is 91.6 Å². The molecule has 1 heterocycles. The molecule has 0 saturated carbocycles. The molecule has 196 valence electrons. The Kier molecular flexibility index (Phi) is 12.9. The fourth-order valence-corrected chi connectivity index (χ4v) is 3.83. The molecule has 34 heavy (non-hydrogen) atoms. The molecule has 10 nitrogen and oxygen atoms in total. The fraction of sp³-hybridized carbons (Fsp3) is 0.833. The quantitative estimate of drug-likeness (QED) is 0.190. The number of ether oxygens (including phenoxy) is 1. The largest absolute Gasteiger partial charge is 0.444 e. The fourth-order valence-electron chi connectivity index (χ4n) is 3.83. The topological polar surface area (TPSA) is 119 Å². The molecule has 0 aromatic heterocycles. The van der Waals surface area contributed by atoms with Crippen molar-refractivity contribution >= 4 is 24.3 Å². The van der Waals surface area contributed by atoms with Crippen LogP contribution in [0.2, 0.25) is 0 Å². The highest BCUT2D eigenvalue weighted by Gasteiger charge is 2.33. The van der Waals surface area contributed by atoms with Gasteiger partial charge in [0.2, 0.25) is 18.2 Å². The van der Waals surface area contributed by atoms with Crippen LogP contribution < -0.4 is 5.43 Å². The van der Waals surface area contributed by atoms with Crippen molar-refractivity contribution in [3.05, 3.63) is 0 Å². The number of likely N-dealkylation sites (tertiary alicyclic amines) is 1. The molecule has 1 atom stereocenters. The lowest BCUT2D eigenvalue weighted by atomic mass is 9.95. The van der Waals surface area contributed by atoms with Crippen LogP contribution >= 0.6 is 0 Å². The maximum Gasteiger partial charge on any atom is 0.410 e. The lowest BCUT2D eigenvalue weighted by Crippen LogP contribution is -2.53. The van der Waals surface area contributed by atoms with Gasteiger partial charge in [-0.2, -0.15) is 0 Å². The second kappa shape index (κ2) is 14.8. The molecular formula is C24H44N4O6. The van der Waals surface area contributed by atoms with E-state index in [1.165, 1.54) is 5.01 Å². The van der Waals surface area contributed by atoms with E-state index in [9.17, 15) is 24.4 Å². The van der Waals surface area contributed by atoms with Gasteiger partial charge in [-0.3, -0.25) is 30.0 Å². The van der Waals surface area contributed by atoms with Crippen LogP contribution in [0.25, 0.3) is 0 Å². The third-order valence-electron chi connectivity index (χ3n) is 5.80. The summed E-state index contributed by atoms with van der Waals surface area (Å²) in [5.41, 5.74) is 2.18. The molecule has 1 rings (SSSR count). The van der Waals surface area contributed by atoms with Gasteiger partial charge in [-0.1, -0.05) is 39.5 Å². The third kappa shape index (κ3) is 10.7. The highest BCUT2D eigenvalue weighted by Crippen LogP contribution is 2.22. The summed E-state index contributed by atoms with van der Waals surface area (Å²) in [5, 5.41) is 11.5. The van der Waals surface area contributed by atoms with E-state index in [2.05, 4.69) is 12.3 Å². The smallest absolute Gasteiger partial charge is 0.410 e. The van der Waals surface area contributed by atoms with Crippen LogP contribution in [0.15, 0.2) is 0 Å². The van der Waals surface area contributed by atoms with E-state index in [0.717, 1.165) is 32.1 Å². The Morgan fingerprint density at radius 2 is 1.74 bits per heavy atom. The van der Waals surface area contributed by atoms with Crippen LogP contribution in [0.5, 0.6) is 0 Å². The normalized spacial score (nSPS) is 15.4. The monoisotopic (exact) mass is 484 g/mol. The maximum absolute atomic E-state index is 13.3. The molecule has 0 aromatic rings. The van der Waals surface area contributed by atoms with Crippen LogP contribution in [0.3, 0.4) is 0 Å². The first kappa shape index (κ1) is 29.7. The Hall–Kier alpha value is -2.36. The molecule has 4 amide bonds. The Morgan fingerprint density at radius 3 is 2.26 bits per heavy atom. The van der Waals surface area contributed by atoms with Crippen molar-refractivity contribution in [2.24, 2.45) is 11.8 Å².